The topological polar surface area (TPSA) is 26.0 Å². The van der Waals surface area contributed by atoms with Crippen molar-refractivity contribution in [3.8, 4) is 0 Å². The van der Waals surface area contributed by atoms with Crippen LogP contribution < -0.4 is 5.73 Å². The molecule has 78 valence electrons. The minimum absolute atomic E-state index is 0.151. The fourth-order valence-electron chi connectivity index (χ4n) is 1.18. The van der Waals surface area contributed by atoms with E-state index >= 15 is 0 Å². The largest absolute Gasteiger partial charge is 0.328 e. The molecule has 0 aliphatic heterocycles. The Morgan fingerprint density at radius 1 is 1.21 bits per heavy atom. The first kappa shape index (κ1) is 12.1. The van der Waals surface area contributed by atoms with Gasteiger partial charge in [0.1, 0.15) is 0 Å². The van der Waals surface area contributed by atoms with Gasteiger partial charge in [0, 0.05) is 21.1 Å². The highest BCUT2D eigenvalue weighted by Crippen LogP contribution is 2.29. The molecule has 1 rings (SSSR count). The van der Waals surface area contributed by atoms with E-state index in [1.807, 2.05) is 6.92 Å². The monoisotopic (exact) mass is 251 g/mol. The normalized spacial score (nSPS) is 12.9. The van der Waals surface area contributed by atoms with Crippen LogP contribution in [0.15, 0.2) is 12.1 Å². The number of hydrogen-bond donors (Lipinski definition) is 1. The van der Waals surface area contributed by atoms with Gasteiger partial charge in [-0.15, -0.1) is 0 Å². The molecule has 0 heterocycles. The van der Waals surface area contributed by atoms with Crippen molar-refractivity contribution in [2.75, 3.05) is 0 Å². The molecule has 0 spiro atoms. The van der Waals surface area contributed by atoms with Crippen LogP contribution in [0.3, 0.4) is 0 Å². The standard InChI is InChI=1S/C10H12Cl3N/c1-6(14)2-3-8-9(12)4-7(11)5-10(8)13/h4-6H,2-3,14H2,1H3. The lowest BCUT2D eigenvalue weighted by Gasteiger charge is -2.09. The van der Waals surface area contributed by atoms with Crippen LogP contribution in [0.4, 0.5) is 0 Å². The lowest BCUT2D eigenvalue weighted by Crippen LogP contribution is -2.15. The molecule has 0 saturated carbocycles. The maximum absolute atomic E-state index is 6.01. The molecule has 1 atom stereocenters. The molecule has 0 fully saturated rings. The van der Waals surface area contributed by atoms with Crippen molar-refractivity contribution in [3.05, 3.63) is 32.8 Å². The van der Waals surface area contributed by atoms with Crippen LogP contribution in [0, 0.1) is 0 Å². The Morgan fingerprint density at radius 3 is 2.14 bits per heavy atom. The molecule has 0 aliphatic rings. The predicted molar refractivity (Wildman–Crippen MR) is 63.4 cm³/mol. The molecule has 0 radical (unpaired) electrons. The van der Waals surface area contributed by atoms with Gasteiger partial charge in [-0.05, 0) is 37.5 Å². The third-order valence-corrected chi connectivity index (χ3v) is 2.85. The Bertz CT molecular complexity index is 300. The van der Waals surface area contributed by atoms with E-state index in [0.717, 1.165) is 18.4 Å². The maximum atomic E-state index is 6.01. The highest BCUT2D eigenvalue weighted by molar-refractivity contribution is 6.39. The highest BCUT2D eigenvalue weighted by Gasteiger charge is 2.08. The summed E-state index contributed by atoms with van der Waals surface area (Å²) in [7, 11) is 0. The molecule has 0 aromatic heterocycles. The van der Waals surface area contributed by atoms with Gasteiger partial charge in [-0.25, -0.2) is 0 Å². The first-order valence-corrected chi connectivity index (χ1v) is 5.53. The molecule has 1 unspecified atom stereocenters. The molecule has 0 bridgehead atoms. The highest BCUT2D eigenvalue weighted by atomic mass is 35.5. The molecule has 0 amide bonds. The average molecular weight is 253 g/mol. The molecular weight excluding hydrogens is 240 g/mol. The molecule has 14 heavy (non-hydrogen) atoms. The van der Waals surface area contributed by atoms with Crippen LogP contribution in [0.5, 0.6) is 0 Å². The van der Waals surface area contributed by atoms with E-state index in [4.69, 9.17) is 40.5 Å². The number of hydrogen-bond acceptors (Lipinski definition) is 1. The van der Waals surface area contributed by atoms with E-state index in [-0.39, 0.29) is 6.04 Å². The second-order valence-electron chi connectivity index (χ2n) is 3.36. The summed E-state index contributed by atoms with van der Waals surface area (Å²) in [5.74, 6) is 0. The van der Waals surface area contributed by atoms with Crippen molar-refractivity contribution in [2.45, 2.75) is 25.8 Å². The number of nitrogens with two attached hydrogens (primary N) is 1. The molecular formula is C10H12Cl3N. The van der Waals surface area contributed by atoms with E-state index in [2.05, 4.69) is 0 Å². The average Bonchev–Trinajstić information content (AvgIpc) is 2.01. The minimum atomic E-state index is 0.151. The summed E-state index contributed by atoms with van der Waals surface area (Å²) < 4.78 is 0. The SMILES string of the molecule is CC(N)CCc1c(Cl)cc(Cl)cc1Cl. The molecule has 1 aromatic carbocycles. The van der Waals surface area contributed by atoms with E-state index in [9.17, 15) is 0 Å². The fraction of sp³-hybridized carbons (Fsp3) is 0.400. The summed E-state index contributed by atoms with van der Waals surface area (Å²) in [6.45, 7) is 1.96. The minimum Gasteiger partial charge on any atom is -0.328 e. The Morgan fingerprint density at radius 2 is 1.71 bits per heavy atom. The molecule has 2 N–H and O–H groups in total. The predicted octanol–water partition coefficient (Wildman–Crippen LogP) is 3.93. The van der Waals surface area contributed by atoms with Crippen molar-refractivity contribution in [2.24, 2.45) is 5.73 Å². The Kier molecular flexibility index (Phi) is 4.52. The van der Waals surface area contributed by atoms with E-state index < -0.39 is 0 Å². The van der Waals surface area contributed by atoms with Crippen molar-refractivity contribution < 1.29 is 0 Å². The van der Waals surface area contributed by atoms with Gasteiger partial charge < -0.3 is 5.73 Å². The van der Waals surface area contributed by atoms with E-state index in [1.54, 1.807) is 12.1 Å². The van der Waals surface area contributed by atoms with Crippen molar-refractivity contribution >= 4 is 34.8 Å². The summed E-state index contributed by atoms with van der Waals surface area (Å²) in [6, 6.07) is 3.55. The molecule has 0 saturated heterocycles. The summed E-state index contributed by atoms with van der Waals surface area (Å²) in [5.41, 5.74) is 6.58. The summed E-state index contributed by atoms with van der Waals surface area (Å²) >= 11 is 17.8. The van der Waals surface area contributed by atoms with Gasteiger partial charge in [-0.1, -0.05) is 34.8 Å². The van der Waals surface area contributed by atoms with Crippen LogP contribution in [-0.4, -0.2) is 6.04 Å². The Labute approximate surface area is 99.1 Å². The molecule has 0 aliphatic carbocycles. The van der Waals surface area contributed by atoms with E-state index in [1.165, 1.54) is 0 Å². The zero-order chi connectivity index (χ0) is 10.7. The molecule has 1 nitrogen and oxygen atoms in total. The molecule has 1 aromatic rings. The van der Waals surface area contributed by atoms with Crippen molar-refractivity contribution in [3.63, 3.8) is 0 Å². The number of benzene rings is 1. The van der Waals surface area contributed by atoms with Crippen molar-refractivity contribution in [1.82, 2.24) is 0 Å². The van der Waals surface area contributed by atoms with Crippen LogP contribution in [0.2, 0.25) is 15.1 Å². The van der Waals surface area contributed by atoms with Gasteiger partial charge in [-0.2, -0.15) is 0 Å². The quantitative estimate of drug-likeness (QED) is 0.867. The third kappa shape index (κ3) is 3.32. The van der Waals surface area contributed by atoms with Crippen LogP contribution in [0.1, 0.15) is 18.9 Å². The zero-order valence-electron chi connectivity index (χ0n) is 7.86. The smallest absolute Gasteiger partial charge is 0.0467 e. The number of rotatable bonds is 3. The van der Waals surface area contributed by atoms with Gasteiger partial charge >= 0.3 is 0 Å². The van der Waals surface area contributed by atoms with Gasteiger partial charge in [0.2, 0.25) is 0 Å². The van der Waals surface area contributed by atoms with Gasteiger partial charge in [-0.3, -0.25) is 0 Å². The number of halogens is 3. The summed E-state index contributed by atoms with van der Waals surface area (Å²) in [5, 5.41) is 1.79. The maximum Gasteiger partial charge on any atom is 0.0467 e. The second-order valence-corrected chi connectivity index (χ2v) is 4.61. The van der Waals surface area contributed by atoms with Crippen LogP contribution in [-0.2, 0) is 6.42 Å². The van der Waals surface area contributed by atoms with Crippen LogP contribution >= 0.6 is 34.8 Å². The third-order valence-electron chi connectivity index (χ3n) is 1.96. The zero-order valence-corrected chi connectivity index (χ0v) is 10.1. The van der Waals surface area contributed by atoms with E-state index in [0.29, 0.717) is 15.1 Å². The summed E-state index contributed by atoms with van der Waals surface area (Å²) in [4.78, 5) is 0. The first-order chi connectivity index (χ1) is 6.50. The first-order valence-electron chi connectivity index (χ1n) is 4.39. The van der Waals surface area contributed by atoms with Gasteiger partial charge in [0.25, 0.3) is 0 Å². The van der Waals surface area contributed by atoms with Gasteiger partial charge in [0.05, 0.1) is 0 Å². The second kappa shape index (κ2) is 5.22. The van der Waals surface area contributed by atoms with Gasteiger partial charge in [0.15, 0.2) is 0 Å². The summed E-state index contributed by atoms with van der Waals surface area (Å²) in [6.07, 6.45) is 1.65. The fourth-order valence-corrected chi connectivity index (χ4v) is 2.19. The lowest BCUT2D eigenvalue weighted by atomic mass is 10.1. The van der Waals surface area contributed by atoms with Crippen molar-refractivity contribution in [1.29, 1.82) is 0 Å². The lowest BCUT2D eigenvalue weighted by molar-refractivity contribution is 0.666. The Hall–Kier alpha value is 0.0500. The van der Waals surface area contributed by atoms with Crippen LogP contribution in [0.25, 0.3) is 0 Å². The molecule has 4 heteroatoms. The Balaban J connectivity index is 2.86.